The Kier molecular flexibility index (Phi) is 6.54. The summed E-state index contributed by atoms with van der Waals surface area (Å²) < 4.78 is 87.8. The fourth-order valence-corrected chi connectivity index (χ4v) is 7.01. The molecule has 2 aromatic heterocycles. The minimum absolute atomic E-state index is 0.0610. The van der Waals surface area contributed by atoms with Crippen molar-refractivity contribution in [2.45, 2.75) is 26.2 Å². The molecule has 0 amide bonds. The van der Waals surface area contributed by atoms with Gasteiger partial charge in [0.2, 0.25) is 0 Å². The van der Waals surface area contributed by atoms with Crippen LogP contribution in [0.1, 0.15) is 40.0 Å². The number of hydrogen-bond acceptors (Lipinski definition) is 4. The summed E-state index contributed by atoms with van der Waals surface area (Å²) in [6.07, 6.45) is 1.86. The third-order valence-electron chi connectivity index (χ3n) is 9.73. The molecule has 0 aliphatic carbocycles. The van der Waals surface area contributed by atoms with Crippen LogP contribution in [0.15, 0.2) is 188 Å². The van der Waals surface area contributed by atoms with Gasteiger partial charge >= 0.3 is 0 Å². The quantitative estimate of drug-likeness (QED) is 0.138. The Morgan fingerprint density at radius 3 is 1.80 bits per heavy atom. The molecule has 2 heterocycles. The summed E-state index contributed by atoms with van der Waals surface area (Å²) in [5.41, 5.74) is 6.93. The van der Waals surface area contributed by atoms with Crippen LogP contribution in [0.25, 0.3) is 49.9 Å². The molecular formula is C51H43N5. The first-order valence-electron chi connectivity index (χ1n) is 23.3. The molecule has 3 N–H and O–H groups in total. The molecule has 0 aliphatic rings. The molecule has 0 saturated heterocycles. The van der Waals surface area contributed by atoms with Crippen molar-refractivity contribution in [1.29, 1.82) is 0 Å². The predicted molar refractivity (Wildman–Crippen MR) is 237 cm³/mol. The minimum Gasteiger partial charge on any atom is -0.355 e. The number of aromatic nitrogens is 2. The number of para-hydroxylation sites is 4. The van der Waals surface area contributed by atoms with Gasteiger partial charge in [-0.25, -0.2) is 4.98 Å². The molecule has 0 fully saturated rings. The van der Waals surface area contributed by atoms with Crippen LogP contribution in [0.4, 0.5) is 34.1 Å². The molecule has 0 spiro atoms. The summed E-state index contributed by atoms with van der Waals surface area (Å²) in [6, 6.07) is 33.5. The third kappa shape index (κ3) is 6.87. The molecule has 0 atom stereocenters. The number of hydrogen-bond donors (Lipinski definition) is 3. The number of pyridine rings is 1. The number of nitrogens with zero attached hydrogens (tertiary/aromatic N) is 2. The normalized spacial score (nSPS) is 14.0. The lowest BCUT2D eigenvalue weighted by atomic mass is 9.88. The van der Waals surface area contributed by atoms with Crippen LogP contribution < -0.4 is 16.0 Å². The Balaban J connectivity index is 1.10. The molecule has 9 rings (SSSR count). The van der Waals surface area contributed by atoms with Crippen LogP contribution in [-0.2, 0) is 5.41 Å². The molecule has 0 unspecified atom stereocenters. The number of nitrogens with one attached hydrogen (secondary N) is 3. The van der Waals surface area contributed by atoms with Gasteiger partial charge in [0.15, 0.2) is 0 Å². The standard InChI is InChI=1S/C51H43N5/c1-51(2,3)37-30-31-52-49(32-37)56-47-27-13-10-22-43(47)44-29-28-40(34-48(44)56)53-38-20-14-21-39(33-38)54-45-25-11-12-26-46(45)55-50-41(35-16-6-4-7-17-35)23-15-24-42(50)36-18-8-5-9-19-36/h4-34,53-55H,1-3H3/i4D,5D,6D,7D,8D,9D,16D,17D,18D,19D. The van der Waals surface area contributed by atoms with Gasteiger partial charge in [0.1, 0.15) is 5.82 Å². The van der Waals surface area contributed by atoms with Crippen LogP contribution in [0.5, 0.6) is 0 Å². The van der Waals surface area contributed by atoms with E-state index in [1.54, 1.807) is 30.3 Å². The van der Waals surface area contributed by atoms with Crippen LogP contribution in [0.2, 0.25) is 0 Å². The Morgan fingerprint density at radius 2 is 1.11 bits per heavy atom. The first-order valence-corrected chi connectivity index (χ1v) is 18.3. The molecule has 0 aliphatic heterocycles. The van der Waals surface area contributed by atoms with Gasteiger partial charge in [0, 0.05) is 45.2 Å². The maximum Gasteiger partial charge on any atom is 0.137 e. The zero-order valence-corrected chi connectivity index (χ0v) is 31.0. The Hall–Kier alpha value is -7.11. The van der Waals surface area contributed by atoms with E-state index in [1.807, 2.05) is 54.7 Å². The first kappa shape index (κ1) is 25.1. The van der Waals surface area contributed by atoms with Crippen LogP contribution in [0, 0.1) is 0 Å². The van der Waals surface area contributed by atoms with E-state index in [0.717, 1.165) is 44.7 Å². The molecule has 9 aromatic rings. The average Bonchev–Trinajstić information content (AvgIpc) is 3.64. The van der Waals surface area contributed by atoms with Crippen LogP contribution >= 0.6 is 0 Å². The molecule has 5 heteroatoms. The Labute approximate surface area is 342 Å². The van der Waals surface area contributed by atoms with Crippen LogP contribution in [-0.4, -0.2) is 9.55 Å². The van der Waals surface area contributed by atoms with Crippen molar-refractivity contribution in [3.63, 3.8) is 0 Å². The van der Waals surface area contributed by atoms with E-state index in [-0.39, 0.29) is 33.4 Å². The summed E-state index contributed by atoms with van der Waals surface area (Å²) in [5.74, 6) is 0.834. The smallest absolute Gasteiger partial charge is 0.137 e. The highest BCUT2D eigenvalue weighted by Crippen LogP contribution is 2.41. The fourth-order valence-electron chi connectivity index (χ4n) is 7.01. The van der Waals surface area contributed by atoms with Gasteiger partial charge < -0.3 is 16.0 Å². The average molecular weight is 736 g/mol. The lowest BCUT2D eigenvalue weighted by Gasteiger charge is -2.20. The zero-order chi connectivity index (χ0) is 46.8. The highest BCUT2D eigenvalue weighted by atomic mass is 15.1. The van der Waals surface area contributed by atoms with E-state index in [2.05, 4.69) is 83.8 Å². The summed E-state index contributed by atoms with van der Waals surface area (Å²) in [6.45, 7) is 6.57. The SMILES string of the molecule is [2H]c1c([2H])c([2H])c(-c2cccc(-c3c([2H])c([2H])c([2H])c([2H])c3[2H])c2Nc2ccccc2Nc2cccc(Nc3ccc4c5ccccc5n(-c5cc(C(C)(C)C)ccn5)c4c3)c2)c([2H])c1[2H]. The second-order valence-electron chi connectivity index (χ2n) is 14.5. The molecule has 0 bridgehead atoms. The molecule has 7 aromatic carbocycles. The number of benzene rings is 7. The van der Waals surface area contributed by atoms with Gasteiger partial charge in [-0.2, -0.15) is 0 Å². The highest BCUT2D eigenvalue weighted by Gasteiger charge is 2.18. The molecule has 56 heavy (non-hydrogen) atoms. The van der Waals surface area contributed by atoms with Gasteiger partial charge in [-0.05, 0) is 82.8 Å². The Morgan fingerprint density at radius 1 is 0.518 bits per heavy atom. The van der Waals surface area contributed by atoms with Crippen molar-refractivity contribution in [2.24, 2.45) is 0 Å². The number of rotatable bonds is 9. The molecule has 5 nitrogen and oxygen atoms in total. The van der Waals surface area contributed by atoms with Gasteiger partial charge in [-0.3, -0.25) is 4.57 Å². The molecule has 272 valence electrons. The zero-order valence-electron chi connectivity index (χ0n) is 41.0. The summed E-state index contributed by atoms with van der Waals surface area (Å²) >= 11 is 0. The maximum absolute atomic E-state index is 8.86. The summed E-state index contributed by atoms with van der Waals surface area (Å²) in [4.78, 5) is 4.82. The third-order valence-corrected chi connectivity index (χ3v) is 9.73. The Bertz CT molecular complexity index is 3270. The number of fused-ring (bicyclic) bond motifs is 3. The largest absolute Gasteiger partial charge is 0.355 e. The van der Waals surface area contributed by atoms with E-state index < -0.39 is 60.4 Å². The molecule has 0 radical (unpaired) electrons. The molecular weight excluding hydrogens is 683 g/mol. The first-order chi connectivity index (χ1) is 31.5. The number of anilines is 6. The lowest BCUT2D eigenvalue weighted by Crippen LogP contribution is -2.12. The predicted octanol–water partition coefficient (Wildman–Crippen LogP) is 14.0. The van der Waals surface area contributed by atoms with Crippen LogP contribution in [0.3, 0.4) is 0 Å². The summed E-state index contributed by atoms with van der Waals surface area (Å²) in [5, 5.41) is 12.7. The van der Waals surface area contributed by atoms with E-state index in [0.29, 0.717) is 11.4 Å². The van der Waals surface area contributed by atoms with E-state index in [1.165, 1.54) is 5.56 Å². The van der Waals surface area contributed by atoms with Gasteiger partial charge in [-0.1, -0.05) is 142 Å². The molecule has 0 saturated carbocycles. The van der Waals surface area contributed by atoms with Crippen molar-refractivity contribution < 1.29 is 13.7 Å². The summed E-state index contributed by atoms with van der Waals surface area (Å²) in [7, 11) is 0. The monoisotopic (exact) mass is 735 g/mol. The van der Waals surface area contributed by atoms with Crippen molar-refractivity contribution in [3.8, 4) is 28.1 Å². The van der Waals surface area contributed by atoms with E-state index in [4.69, 9.17) is 18.7 Å². The van der Waals surface area contributed by atoms with E-state index >= 15 is 0 Å². The fraction of sp³-hybridized carbons (Fsp3) is 0.0784. The van der Waals surface area contributed by atoms with Gasteiger partial charge in [0.25, 0.3) is 0 Å². The van der Waals surface area contributed by atoms with Crippen molar-refractivity contribution >= 4 is 55.9 Å². The second-order valence-corrected chi connectivity index (χ2v) is 14.5. The minimum atomic E-state index is -0.556. The topological polar surface area (TPSA) is 53.9 Å². The maximum atomic E-state index is 8.86. The highest BCUT2D eigenvalue weighted by molar-refractivity contribution is 6.10. The second kappa shape index (κ2) is 14.6. The van der Waals surface area contributed by atoms with E-state index in [9.17, 15) is 0 Å². The van der Waals surface area contributed by atoms with Gasteiger partial charge in [-0.15, -0.1) is 0 Å². The van der Waals surface area contributed by atoms with Crippen molar-refractivity contribution in [1.82, 2.24) is 9.55 Å². The van der Waals surface area contributed by atoms with Crippen molar-refractivity contribution in [2.75, 3.05) is 16.0 Å². The lowest BCUT2D eigenvalue weighted by molar-refractivity contribution is 0.588. The van der Waals surface area contributed by atoms with Gasteiger partial charge in [0.05, 0.1) is 41.8 Å². The van der Waals surface area contributed by atoms with Crippen molar-refractivity contribution in [3.05, 3.63) is 194 Å².